The van der Waals surface area contributed by atoms with E-state index >= 15 is 0 Å². The second-order valence-corrected chi connectivity index (χ2v) is 25.1. The lowest BCUT2D eigenvalue weighted by atomic mass is 9.76. The average Bonchev–Trinajstić information content (AvgIpc) is 3.45. The Hall–Kier alpha value is -3.99. The smallest absolute Gasteiger partial charge is 0.119 e. The highest BCUT2D eigenvalue weighted by Gasteiger charge is 2.24. The van der Waals surface area contributed by atoms with E-state index < -0.39 is 0 Å². The van der Waals surface area contributed by atoms with Gasteiger partial charge in [-0.3, -0.25) is 0 Å². The van der Waals surface area contributed by atoms with Gasteiger partial charge in [-0.1, -0.05) is 247 Å². The van der Waals surface area contributed by atoms with E-state index in [4.69, 9.17) is 14.2 Å². The molecule has 6 atom stereocenters. The van der Waals surface area contributed by atoms with Gasteiger partial charge in [0.05, 0.1) is 19.8 Å². The van der Waals surface area contributed by atoms with Crippen molar-refractivity contribution in [1.82, 2.24) is 0 Å². The molecule has 0 N–H and O–H groups in total. The van der Waals surface area contributed by atoms with E-state index in [2.05, 4.69) is 198 Å². The summed E-state index contributed by atoms with van der Waals surface area (Å²) in [6.45, 7) is 14.2. The van der Waals surface area contributed by atoms with Gasteiger partial charge in [0, 0.05) is 0 Å². The van der Waals surface area contributed by atoms with Crippen LogP contribution in [0.15, 0.2) is 146 Å². The summed E-state index contributed by atoms with van der Waals surface area (Å²) in [5.41, 5.74) is 8.80. The Morgan fingerprint density at radius 1 is 0.440 bits per heavy atom. The molecule has 2 aliphatic carbocycles. The first-order chi connectivity index (χ1) is 36.6. The van der Waals surface area contributed by atoms with Crippen LogP contribution in [0.3, 0.4) is 0 Å². The summed E-state index contributed by atoms with van der Waals surface area (Å²) in [4.78, 5) is 0. The Morgan fingerprint density at radius 2 is 0.800 bits per heavy atom. The van der Waals surface area contributed by atoms with Gasteiger partial charge in [0.15, 0.2) is 0 Å². The van der Waals surface area contributed by atoms with E-state index in [1.165, 1.54) is 159 Å². The standard InChI is InChI=1S/C42H54O2P2.C27H39OP/c1-4-35(28-30-44-41-23-17-38(18-24-41)39-19-25-42(46-45)26-20-39)32(3)7-8-33-9-11-34(12-10-33)27-29-43-40-21-15-37(16-22-40)36-13-5-31(2)6-14-36;1-3-4-21(2)5-6-22-7-9-23(10-8-22)19-20-28-26-15-11-24(12-16-26)25-13-17-27(29)18-14-25/h5-6,13-26,32-35,46H,4,7-12,27-30,45H2,1-3H3;11-18,21-23H,3-10,19-20,29H2,1-2H3. The Morgan fingerprint density at radius 3 is 1.20 bits per heavy atom. The number of ether oxygens (including phenoxy) is 3. The first kappa shape index (κ1) is 58.7. The van der Waals surface area contributed by atoms with Gasteiger partial charge in [0.2, 0.25) is 0 Å². The molecule has 6 aromatic rings. The summed E-state index contributed by atoms with van der Waals surface area (Å²) in [7, 11) is 6.31. The van der Waals surface area contributed by atoms with Crippen molar-refractivity contribution in [1.29, 1.82) is 0 Å². The molecule has 6 heteroatoms. The summed E-state index contributed by atoms with van der Waals surface area (Å²) in [6, 6.07) is 51.9. The van der Waals surface area contributed by atoms with E-state index in [1.807, 2.05) is 0 Å². The summed E-state index contributed by atoms with van der Waals surface area (Å²) >= 11 is 0. The molecule has 6 unspecified atom stereocenters. The van der Waals surface area contributed by atoms with Crippen LogP contribution in [0.25, 0.3) is 33.4 Å². The molecule has 0 aromatic heterocycles. The van der Waals surface area contributed by atoms with Gasteiger partial charge >= 0.3 is 0 Å². The fourth-order valence-electron chi connectivity index (χ4n) is 11.8. The summed E-state index contributed by atoms with van der Waals surface area (Å²) in [5.74, 6) is 8.93. The zero-order chi connectivity index (χ0) is 52.6. The minimum absolute atomic E-state index is 0.731. The molecule has 2 fully saturated rings. The molecule has 0 aliphatic heterocycles. The van der Waals surface area contributed by atoms with Crippen molar-refractivity contribution in [3.05, 3.63) is 151 Å². The highest BCUT2D eigenvalue weighted by molar-refractivity contribution is 8.06. The van der Waals surface area contributed by atoms with Gasteiger partial charge in [-0.25, -0.2) is 0 Å². The van der Waals surface area contributed by atoms with E-state index in [0.29, 0.717) is 0 Å². The van der Waals surface area contributed by atoms with Crippen LogP contribution < -0.4 is 24.8 Å². The lowest BCUT2D eigenvalue weighted by Gasteiger charge is -2.30. The SMILES string of the molecule is CCC(CCOc1ccc(-c2ccc(PP)cc2)cc1)C(C)CCC1CCC(CCOc2ccc(-c3ccc(C)cc3)cc2)CC1.CCCC(C)CCC1CCC(CCOc2ccc(-c3ccc(P)cc3)cc2)CC1. The van der Waals surface area contributed by atoms with E-state index in [9.17, 15) is 0 Å². The van der Waals surface area contributed by atoms with Gasteiger partial charge in [0.25, 0.3) is 0 Å². The number of benzene rings is 6. The molecular formula is C69H93O3P3. The van der Waals surface area contributed by atoms with Crippen molar-refractivity contribution in [2.45, 2.75) is 150 Å². The first-order valence-corrected chi connectivity index (χ1v) is 32.7. The van der Waals surface area contributed by atoms with Gasteiger partial charge in [-0.15, -0.1) is 18.2 Å². The normalized spacial score (nSPS) is 18.9. The molecule has 0 heterocycles. The van der Waals surface area contributed by atoms with Crippen LogP contribution in [-0.2, 0) is 0 Å². The van der Waals surface area contributed by atoms with Crippen LogP contribution >= 0.6 is 26.4 Å². The van der Waals surface area contributed by atoms with Crippen LogP contribution in [-0.4, -0.2) is 19.8 Å². The Kier molecular flexibility index (Phi) is 25.1. The van der Waals surface area contributed by atoms with Crippen molar-refractivity contribution in [2.24, 2.45) is 41.4 Å². The van der Waals surface area contributed by atoms with Crippen molar-refractivity contribution in [2.75, 3.05) is 19.8 Å². The summed E-state index contributed by atoms with van der Waals surface area (Å²) in [5, 5.41) is 2.59. The Balaban J connectivity index is 0.000000243. The van der Waals surface area contributed by atoms with Crippen LogP contribution in [0.1, 0.15) is 149 Å². The maximum absolute atomic E-state index is 6.20. The average molecular weight is 1060 g/mol. The molecule has 0 amide bonds. The minimum Gasteiger partial charge on any atom is -0.494 e. The third-order valence-corrected chi connectivity index (χ3v) is 19.1. The highest BCUT2D eigenvalue weighted by atomic mass is 32.0. The molecular weight excluding hydrogens is 970 g/mol. The lowest BCUT2D eigenvalue weighted by Crippen LogP contribution is -2.19. The molecule has 402 valence electrons. The van der Waals surface area contributed by atoms with Crippen molar-refractivity contribution in [3.8, 4) is 50.6 Å². The highest BCUT2D eigenvalue weighted by Crippen LogP contribution is 2.37. The molecule has 2 aliphatic rings. The zero-order valence-electron chi connectivity index (χ0n) is 46.6. The van der Waals surface area contributed by atoms with Crippen LogP contribution in [0, 0.1) is 48.3 Å². The second-order valence-electron chi connectivity index (χ2n) is 22.7. The predicted molar refractivity (Wildman–Crippen MR) is 334 cm³/mol. The lowest BCUT2D eigenvalue weighted by molar-refractivity contribution is 0.191. The van der Waals surface area contributed by atoms with Crippen LogP contribution in [0.5, 0.6) is 17.2 Å². The fraction of sp³-hybridized carbons (Fsp3) is 0.478. The third kappa shape index (κ3) is 20.1. The van der Waals surface area contributed by atoms with Crippen molar-refractivity contribution in [3.63, 3.8) is 0 Å². The number of rotatable bonds is 26. The maximum atomic E-state index is 6.20. The Labute approximate surface area is 462 Å². The molecule has 2 saturated carbocycles. The molecule has 75 heavy (non-hydrogen) atoms. The zero-order valence-corrected chi connectivity index (χ0v) is 49.9. The molecule has 0 radical (unpaired) electrons. The van der Waals surface area contributed by atoms with Crippen LogP contribution in [0.2, 0.25) is 0 Å². The third-order valence-electron chi connectivity index (χ3n) is 17.1. The predicted octanol–water partition coefficient (Wildman–Crippen LogP) is 19.6. The van der Waals surface area contributed by atoms with Gasteiger partial charge in [-0.2, -0.15) is 0 Å². The van der Waals surface area contributed by atoms with Crippen molar-refractivity contribution < 1.29 is 14.2 Å². The number of hydrogen-bond acceptors (Lipinski definition) is 3. The second kappa shape index (κ2) is 32.0. The van der Waals surface area contributed by atoms with Gasteiger partial charge in [-0.05, 0) is 148 Å². The topological polar surface area (TPSA) is 27.7 Å². The molecule has 8 rings (SSSR count). The monoisotopic (exact) mass is 1060 g/mol. The van der Waals surface area contributed by atoms with Gasteiger partial charge in [0.1, 0.15) is 17.2 Å². The summed E-state index contributed by atoms with van der Waals surface area (Å²) in [6.07, 6.45) is 24.3. The Bertz CT molecular complexity index is 2450. The minimum atomic E-state index is 0.731. The van der Waals surface area contributed by atoms with E-state index in [0.717, 1.165) is 93.2 Å². The molecule has 0 saturated heterocycles. The largest absolute Gasteiger partial charge is 0.494 e. The maximum Gasteiger partial charge on any atom is 0.119 e. The van der Waals surface area contributed by atoms with E-state index in [1.54, 1.807) is 0 Å². The molecule has 0 bridgehead atoms. The van der Waals surface area contributed by atoms with E-state index in [-0.39, 0.29) is 0 Å². The van der Waals surface area contributed by atoms with Crippen molar-refractivity contribution >= 4 is 37.0 Å². The molecule has 3 nitrogen and oxygen atoms in total. The number of hydrogen-bond donors (Lipinski definition) is 0. The van der Waals surface area contributed by atoms with Gasteiger partial charge < -0.3 is 14.2 Å². The quantitative estimate of drug-likeness (QED) is 0.0507. The molecule has 6 aromatic carbocycles. The van der Waals surface area contributed by atoms with Crippen LogP contribution in [0.4, 0.5) is 0 Å². The number of aryl methyl sites for hydroxylation is 1. The molecule has 0 spiro atoms. The fourth-order valence-corrected chi connectivity index (χ4v) is 13.0. The first-order valence-electron chi connectivity index (χ1n) is 29.3. The summed E-state index contributed by atoms with van der Waals surface area (Å²) < 4.78 is 18.4.